The molecule has 0 radical (unpaired) electrons. The molecule has 9 heteroatoms. The summed E-state index contributed by atoms with van der Waals surface area (Å²) in [6, 6.07) is 0. The fourth-order valence-electron chi connectivity index (χ4n) is 1.68. The van der Waals surface area contributed by atoms with Crippen LogP contribution in [0.15, 0.2) is 12.2 Å². The smallest absolute Gasteiger partial charge is 0.253 e. The van der Waals surface area contributed by atoms with Crippen LogP contribution < -0.4 is 16.2 Å². The lowest BCUT2D eigenvalue weighted by molar-refractivity contribution is -0.137. The number of hydrogen-bond acceptors (Lipinski definition) is 6. The van der Waals surface area contributed by atoms with E-state index in [2.05, 4.69) is 16.2 Å². The lowest BCUT2D eigenvalue weighted by Gasteiger charge is -2.13. The number of carbonyl (C=O) groups excluding carboxylic acids is 4. The third-order valence-electron chi connectivity index (χ3n) is 2.77. The number of ether oxygens (including phenoxy) is 1. The molecule has 0 atom stereocenters. The largest absolute Gasteiger partial charge is 0.379 e. The second kappa shape index (κ2) is 9.64. The normalized spacial score (nSPS) is 13.6. The molecule has 22 heavy (non-hydrogen) atoms. The van der Waals surface area contributed by atoms with Crippen molar-refractivity contribution in [3.05, 3.63) is 12.2 Å². The lowest BCUT2D eigenvalue weighted by Crippen LogP contribution is -2.36. The highest BCUT2D eigenvalue weighted by atomic mass is 16.5. The molecule has 0 saturated carbocycles. The standard InChI is InChI=1S/C13H20N4O5/c1-14-16-11(19)5-8-22-9-6-15-10(18)4-7-17-12(20)2-3-13(17)21/h2-3,14H,4-9H2,1H3,(H,15,18)(H,16,19). The first-order valence-corrected chi connectivity index (χ1v) is 6.88. The first-order valence-electron chi connectivity index (χ1n) is 6.88. The van der Waals surface area contributed by atoms with Crippen molar-refractivity contribution in [2.75, 3.05) is 33.4 Å². The Morgan fingerprint density at radius 3 is 2.41 bits per heavy atom. The predicted molar refractivity (Wildman–Crippen MR) is 76.1 cm³/mol. The molecule has 0 spiro atoms. The Labute approximate surface area is 128 Å². The Kier molecular flexibility index (Phi) is 7.79. The van der Waals surface area contributed by atoms with Crippen molar-refractivity contribution in [3.8, 4) is 0 Å². The molecule has 1 rings (SSSR count). The number of nitrogens with zero attached hydrogens (tertiary/aromatic N) is 1. The van der Waals surface area contributed by atoms with Gasteiger partial charge in [-0.2, -0.15) is 0 Å². The van der Waals surface area contributed by atoms with Crippen LogP contribution >= 0.6 is 0 Å². The number of imide groups is 1. The molecule has 0 aromatic carbocycles. The Morgan fingerprint density at radius 1 is 1.09 bits per heavy atom. The van der Waals surface area contributed by atoms with Crippen LogP contribution in [0.25, 0.3) is 0 Å². The molecule has 0 aliphatic carbocycles. The van der Waals surface area contributed by atoms with Crippen molar-refractivity contribution in [2.45, 2.75) is 12.8 Å². The van der Waals surface area contributed by atoms with Gasteiger partial charge in [0.1, 0.15) is 0 Å². The lowest BCUT2D eigenvalue weighted by atomic mass is 10.3. The maximum absolute atomic E-state index is 11.5. The van der Waals surface area contributed by atoms with Crippen LogP contribution in [-0.4, -0.2) is 61.9 Å². The number of amides is 4. The van der Waals surface area contributed by atoms with Crippen molar-refractivity contribution in [3.63, 3.8) is 0 Å². The molecule has 1 heterocycles. The number of carbonyl (C=O) groups is 4. The first kappa shape index (κ1) is 17.8. The minimum Gasteiger partial charge on any atom is -0.379 e. The Balaban J connectivity index is 2.01. The zero-order valence-electron chi connectivity index (χ0n) is 12.4. The molecule has 0 fully saturated rings. The van der Waals surface area contributed by atoms with Gasteiger partial charge in [-0.1, -0.05) is 0 Å². The fraction of sp³-hybridized carbons (Fsp3) is 0.538. The van der Waals surface area contributed by atoms with Crippen molar-refractivity contribution in [1.29, 1.82) is 0 Å². The summed E-state index contributed by atoms with van der Waals surface area (Å²) in [6.45, 7) is 0.891. The van der Waals surface area contributed by atoms with Crippen LogP contribution in [0.5, 0.6) is 0 Å². The summed E-state index contributed by atoms with van der Waals surface area (Å²) in [7, 11) is 1.59. The van der Waals surface area contributed by atoms with Gasteiger partial charge in [-0.15, -0.1) is 0 Å². The third kappa shape index (κ3) is 6.46. The maximum Gasteiger partial charge on any atom is 0.253 e. The predicted octanol–water partition coefficient (Wildman–Crippen LogP) is -1.92. The van der Waals surface area contributed by atoms with E-state index < -0.39 is 11.8 Å². The molecular formula is C13H20N4O5. The van der Waals surface area contributed by atoms with Gasteiger partial charge in [-0.05, 0) is 0 Å². The van der Waals surface area contributed by atoms with Crippen LogP contribution in [0.3, 0.4) is 0 Å². The molecular weight excluding hydrogens is 292 g/mol. The van der Waals surface area contributed by atoms with E-state index in [4.69, 9.17) is 4.74 Å². The average molecular weight is 312 g/mol. The third-order valence-corrected chi connectivity index (χ3v) is 2.77. The Hall–Kier alpha value is -2.26. The highest BCUT2D eigenvalue weighted by Crippen LogP contribution is 2.03. The quantitative estimate of drug-likeness (QED) is 0.246. The summed E-state index contributed by atoms with van der Waals surface area (Å²) in [4.78, 5) is 46.1. The first-order chi connectivity index (χ1) is 10.5. The average Bonchev–Trinajstić information content (AvgIpc) is 2.80. The monoisotopic (exact) mass is 312 g/mol. The van der Waals surface area contributed by atoms with E-state index >= 15 is 0 Å². The van der Waals surface area contributed by atoms with Gasteiger partial charge in [0.15, 0.2) is 0 Å². The zero-order valence-corrected chi connectivity index (χ0v) is 12.4. The van der Waals surface area contributed by atoms with E-state index in [-0.39, 0.29) is 44.4 Å². The minimum absolute atomic E-state index is 0.0454. The molecule has 1 aliphatic rings. The maximum atomic E-state index is 11.5. The fourth-order valence-corrected chi connectivity index (χ4v) is 1.68. The number of nitrogens with one attached hydrogen (secondary N) is 3. The molecule has 0 aromatic rings. The van der Waals surface area contributed by atoms with Crippen molar-refractivity contribution in [2.24, 2.45) is 0 Å². The van der Waals surface area contributed by atoms with Crippen LogP contribution in [-0.2, 0) is 23.9 Å². The molecule has 3 N–H and O–H groups in total. The molecule has 0 aromatic heterocycles. The van der Waals surface area contributed by atoms with Crippen molar-refractivity contribution < 1.29 is 23.9 Å². The van der Waals surface area contributed by atoms with Gasteiger partial charge >= 0.3 is 0 Å². The molecule has 9 nitrogen and oxygen atoms in total. The molecule has 0 saturated heterocycles. The van der Waals surface area contributed by atoms with E-state index in [1.54, 1.807) is 7.05 Å². The summed E-state index contributed by atoms with van der Waals surface area (Å²) in [6.07, 6.45) is 2.63. The SMILES string of the molecule is CNNC(=O)CCOCCNC(=O)CCN1C(=O)C=CC1=O. The van der Waals surface area contributed by atoms with E-state index in [0.717, 1.165) is 4.90 Å². The number of rotatable bonds is 10. The second-order valence-corrected chi connectivity index (χ2v) is 4.42. The summed E-state index contributed by atoms with van der Waals surface area (Å²) >= 11 is 0. The van der Waals surface area contributed by atoms with E-state index in [1.807, 2.05) is 0 Å². The van der Waals surface area contributed by atoms with Gasteiger partial charge in [-0.25, -0.2) is 5.43 Å². The van der Waals surface area contributed by atoms with Gasteiger partial charge in [0.2, 0.25) is 11.8 Å². The Morgan fingerprint density at radius 2 is 1.77 bits per heavy atom. The van der Waals surface area contributed by atoms with E-state index in [0.29, 0.717) is 6.54 Å². The molecule has 0 unspecified atom stereocenters. The molecule has 0 bridgehead atoms. The molecule has 4 amide bonds. The van der Waals surface area contributed by atoms with Crippen LogP contribution in [0, 0.1) is 0 Å². The van der Waals surface area contributed by atoms with E-state index in [1.165, 1.54) is 12.2 Å². The topological polar surface area (TPSA) is 117 Å². The van der Waals surface area contributed by atoms with Gasteiger partial charge < -0.3 is 10.1 Å². The summed E-state index contributed by atoms with van der Waals surface area (Å²) in [5.74, 6) is -1.26. The van der Waals surface area contributed by atoms with Crippen molar-refractivity contribution >= 4 is 23.6 Å². The highest BCUT2D eigenvalue weighted by Gasteiger charge is 2.23. The van der Waals surface area contributed by atoms with Crippen molar-refractivity contribution in [1.82, 2.24) is 21.1 Å². The van der Waals surface area contributed by atoms with Gasteiger partial charge in [0, 0.05) is 38.7 Å². The van der Waals surface area contributed by atoms with Crippen LogP contribution in [0.2, 0.25) is 0 Å². The van der Waals surface area contributed by atoms with Gasteiger partial charge in [0.05, 0.1) is 19.6 Å². The molecule has 1 aliphatic heterocycles. The van der Waals surface area contributed by atoms with E-state index in [9.17, 15) is 19.2 Å². The zero-order chi connectivity index (χ0) is 16.4. The molecule has 122 valence electrons. The van der Waals surface area contributed by atoms with Crippen LogP contribution in [0.1, 0.15) is 12.8 Å². The second-order valence-electron chi connectivity index (χ2n) is 4.42. The minimum atomic E-state index is -0.402. The van der Waals surface area contributed by atoms with Gasteiger partial charge in [0.25, 0.3) is 11.8 Å². The highest BCUT2D eigenvalue weighted by molar-refractivity contribution is 6.13. The van der Waals surface area contributed by atoms with Crippen LogP contribution in [0.4, 0.5) is 0 Å². The Bertz CT molecular complexity index is 445. The number of hydrazine groups is 1. The summed E-state index contributed by atoms with van der Waals surface area (Å²) in [5.41, 5.74) is 4.91. The number of hydrogen-bond donors (Lipinski definition) is 3. The summed E-state index contributed by atoms with van der Waals surface area (Å²) in [5, 5.41) is 2.60. The summed E-state index contributed by atoms with van der Waals surface area (Å²) < 4.78 is 5.18. The van der Waals surface area contributed by atoms with Gasteiger partial charge in [-0.3, -0.25) is 29.5 Å².